The van der Waals surface area contributed by atoms with Crippen LogP contribution < -0.4 is 9.46 Å². The first-order chi connectivity index (χ1) is 16.7. The van der Waals surface area contributed by atoms with Crippen molar-refractivity contribution < 1.29 is 35.9 Å². The second-order valence-corrected chi connectivity index (χ2v) is 12.7. The molecule has 36 heavy (non-hydrogen) atoms. The van der Waals surface area contributed by atoms with Gasteiger partial charge in [-0.1, -0.05) is 6.92 Å². The number of aliphatic hydroxyl groups excluding tert-OH is 1. The smallest absolute Gasteiger partial charge is 0.261 e. The predicted molar refractivity (Wildman–Crippen MR) is 132 cm³/mol. The highest BCUT2D eigenvalue weighted by Gasteiger charge is 2.34. The van der Waals surface area contributed by atoms with Crippen molar-refractivity contribution in [2.75, 3.05) is 37.7 Å². The number of carbonyl (C=O) groups excluding carboxylic acids is 1. The second-order valence-electron chi connectivity index (χ2n) is 8.94. The van der Waals surface area contributed by atoms with Crippen molar-refractivity contribution in [2.24, 2.45) is 5.92 Å². The molecule has 0 aliphatic carbocycles. The van der Waals surface area contributed by atoms with E-state index in [9.17, 15) is 31.1 Å². The van der Waals surface area contributed by atoms with E-state index in [1.165, 1.54) is 30.1 Å². The molecular formula is C23H30FN3O7S2. The van der Waals surface area contributed by atoms with Crippen LogP contribution in [0.5, 0.6) is 5.75 Å². The first-order valence-corrected chi connectivity index (χ1v) is 14.5. The zero-order chi connectivity index (χ0) is 26.8. The number of anilines is 1. The zero-order valence-corrected chi connectivity index (χ0v) is 22.0. The number of amides is 1. The lowest BCUT2D eigenvalue weighted by Gasteiger charge is -2.38. The first kappa shape index (κ1) is 27.8. The molecule has 13 heteroatoms. The standard InChI is InChI=1S/C23H30FN3O7S2/c1-15-12-27(16(2)14-28)23(29)20-11-18(25-36(32,33)19-8-5-17(24)6-9-19)7-10-21(20)34-22(15)13-26(3)35(4,30)31/h5-11,15-16,22,25,28H,12-14H2,1-4H3/t15-,16+,22+/m0/s1. The van der Waals surface area contributed by atoms with Gasteiger partial charge < -0.3 is 14.7 Å². The van der Waals surface area contributed by atoms with Crippen molar-refractivity contribution >= 4 is 31.6 Å². The molecule has 1 aliphatic heterocycles. The SMILES string of the molecule is C[C@H](CO)N1C[C@H](C)[C@@H](CN(C)S(C)(=O)=O)Oc2ccc(NS(=O)(=O)c3ccc(F)cc3)cc2C1=O. The number of likely N-dealkylation sites (N-methyl/N-ethyl adjacent to an activating group) is 1. The van der Waals surface area contributed by atoms with Gasteiger partial charge in [0.2, 0.25) is 10.0 Å². The van der Waals surface area contributed by atoms with Gasteiger partial charge in [-0.05, 0) is 49.4 Å². The molecule has 1 aliphatic rings. The molecule has 0 radical (unpaired) electrons. The van der Waals surface area contributed by atoms with E-state index >= 15 is 0 Å². The third-order valence-electron chi connectivity index (χ3n) is 6.04. The van der Waals surface area contributed by atoms with Gasteiger partial charge in [0.15, 0.2) is 0 Å². The summed E-state index contributed by atoms with van der Waals surface area (Å²) in [6, 6.07) is 7.90. The number of carbonyl (C=O) groups is 1. The highest BCUT2D eigenvalue weighted by molar-refractivity contribution is 7.92. The maximum atomic E-state index is 13.5. The summed E-state index contributed by atoms with van der Waals surface area (Å²) in [7, 11) is -6.14. The number of aliphatic hydroxyl groups is 1. The van der Waals surface area contributed by atoms with Gasteiger partial charge in [0.1, 0.15) is 17.7 Å². The van der Waals surface area contributed by atoms with Crippen LogP contribution >= 0.6 is 0 Å². The number of hydrogen-bond donors (Lipinski definition) is 2. The Morgan fingerprint density at radius 2 is 1.83 bits per heavy atom. The van der Waals surface area contributed by atoms with Gasteiger partial charge in [0, 0.05) is 25.2 Å². The van der Waals surface area contributed by atoms with E-state index in [1.807, 2.05) is 6.92 Å². The van der Waals surface area contributed by atoms with Gasteiger partial charge >= 0.3 is 0 Å². The molecule has 0 fully saturated rings. The molecule has 198 valence electrons. The van der Waals surface area contributed by atoms with E-state index in [0.29, 0.717) is 0 Å². The number of rotatable bonds is 8. The Kier molecular flexibility index (Phi) is 8.28. The van der Waals surface area contributed by atoms with Crippen LogP contribution in [0.15, 0.2) is 47.4 Å². The van der Waals surface area contributed by atoms with E-state index in [2.05, 4.69) is 4.72 Å². The van der Waals surface area contributed by atoms with E-state index < -0.39 is 43.9 Å². The molecule has 10 nitrogen and oxygen atoms in total. The summed E-state index contributed by atoms with van der Waals surface area (Å²) in [5, 5.41) is 9.74. The van der Waals surface area contributed by atoms with Gasteiger partial charge in [-0.2, -0.15) is 0 Å². The minimum Gasteiger partial charge on any atom is -0.488 e. The van der Waals surface area contributed by atoms with E-state index in [0.717, 1.165) is 34.8 Å². The van der Waals surface area contributed by atoms with Crippen molar-refractivity contribution in [1.82, 2.24) is 9.21 Å². The van der Waals surface area contributed by atoms with Gasteiger partial charge in [-0.3, -0.25) is 9.52 Å². The normalized spacial score (nSPS) is 19.8. The zero-order valence-electron chi connectivity index (χ0n) is 20.4. The Balaban J connectivity index is 2.01. The quantitative estimate of drug-likeness (QED) is 0.518. The molecule has 1 amide bonds. The summed E-state index contributed by atoms with van der Waals surface area (Å²) in [4.78, 5) is 14.8. The molecule has 2 N–H and O–H groups in total. The largest absolute Gasteiger partial charge is 0.488 e. The molecule has 3 rings (SSSR count). The molecule has 2 aromatic carbocycles. The Hall–Kier alpha value is -2.74. The van der Waals surface area contributed by atoms with Crippen LogP contribution in [0.4, 0.5) is 10.1 Å². The lowest BCUT2D eigenvalue weighted by atomic mass is 9.99. The number of nitrogens with one attached hydrogen (secondary N) is 1. The Morgan fingerprint density at radius 1 is 1.19 bits per heavy atom. The van der Waals surface area contributed by atoms with Crippen LogP contribution in [0.25, 0.3) is 0 Å². The molecule has 2 aromatic rings. The number of ether oxygens (including phenoxy) is 1. The van der Waals surface area contributed by atoms with Crippen molar-refractivity contribution in [1.29, 1.82) is 0 Å². The number of hydrogen-bond acceptors (Lipinski definition) is 7. The molecule has 0 aromatic heterocycles. The van der Waals surface area contributed by atoms with Crippen LogP contribution in [-0.4, -0.2) is 82.2 Å². The summed E-state index contributed by atoms with van der Waals surface area (Å²) in [6.45, 7) is 3.38. The highest BCUT2D eigenvalue weighted by Crippen LogP contribution is 2.31. The van der Waals surface area contributed by atoms with Crippen LogP contribution in [0, 0.1) is 11.7 Å². The van der Waals surface area contributed by atoms with E-state index in [-0.39, 0.29) is 47.5 Å². The topological polar surface area (TPSA) is 133 Å². The molecule has 0 saturated carbocycles. The lowest BCUT2D eigenvalue weighted by molar-refractivity contribution is 0.0387. The Labute approximate surface area is 210 Å². The van der Waals surface area contributed by atoms with E-state index in [4.69, 9.17) is 4.74 Å². The Bertz CT molecular complexity index is 1320. The monoisotopic (exact) mass is 543 g/mol. The second kappa shape index (κ2) is 10.7. The third kappa shape index (κ3) is 6.33. The molecular weight excluding hydrogens is 513 g/mol. The van der Waals surface area contributed by atoms with Crippen LogP contribution in [0.2, 0.25) is 0 Å². The number of nitrogens with zero attached hydrogens (tertiary/aromatic N) is 2. The van der Waals surface area contributed by atoms with Crippen molar-refractivity contribution in [3.8, 4) is 5.75 Å². The molecule has 1 heterocycles. The summed E-state index contributed by atoms with van der Waals surface area (Å²) >= 11 is 0. The van der Waals surface area contributed by atoms with Crippen molar-refractivity contribution in [3.63, 3.8) is 0 Å². The first-order valence-electron chi connectivity index (χ1n) is 11.1. The summed E-state index contributed by atoms with van der Waals surface area (Å²) in [5.74, 6) is -1.20. The minimum absolute atomic E-state index is 0.0217. The average Bonchev–Trinajstić information content (AvgIpc) is 2.80. The summed E-state index contributed by atoms with van der Waals surface area (Å²) in [6.07, 6.45) is 0.448. The summed E-state index contributed by atoms with van der Waals surface area (Å²) < 4.78 is 72.3. The van der Waals surface area contributed by atoms with Crippen molar-refractivity contribution in [2.45, 2.75) is 30.9 Å². The highest BCUT2D eigenvalue weighted by atomic mass is 32.2. The van der Waals surface area contributed by atoms with Crippen molar-refractivity contribution in [3.05, 3.63) is 53.8 Å². The van der Waals surface area contributed by atoms with E-state index in [1.54, 1.807) is 6.92 Å². The fourth-order valence-electron chi connectivity index (χ4n) is 3.72. The summed E-state index contributed by atoms with van der Waals surface area (Å²) in [5.41, 5.74) is 0.124. The van der Waals surface area contributed by atoms with Crippen LogP contribution in [0.1, 0.15) is 24.2 Å². The number of benzene rings is 2. The fourth-order valence-corrected chi connectivity index (χ4v) is 5.19. The fraction of sp³-hybridized carbons (Fsp3) is 0.435. The molecule has 0 spiro atoms. The van der Waals surface area contributed by atoms with Crippen LogP contribution in [0.3, 0.4) is 0 Å². The number of halogens is 1. The molecule has 3 atom stereocenters. The van der Waals surface area contributed by atoms with Gasteiger partial charge in [-0.15, -0.1) is 0 Å². The average molecular weight is 544 g/mol. The third-order valence-corrected chi connectivity index (χ3v) is 8.72. The lowest BCUT2D eigenvalue weighted by Crippen LogP contribution is -2.50. The maximum Gasteiger partial charge on any atom is 0.261 e. The van der Waals surface area contributed by atoms with Crippen LogP contribution in [-0.2, 0) is 20.0 Å². The van der Waals surface area contributed by atoms with Gasteiger partial charge in [-0.25, -0.2) is 25.5 Å². The predicted octanol–water partition coefficient (Wildman–Crippen LogP) is 1.74. The number of fused-ring (bicyclic) bond motifs is 1. The van der Waals surface area contributed by atoms with Gasteiger partial charge in [0.05, 0.1) is 35.9 Å². The Morgan fingerprint density at radius 3 is 2.42 bits per heavy atom. The van der Waals surface area contributed by atoms with Gasteiger partial charge in [0.25, 0.3) is 15.9 Å². The number of sulfonamides is 2. The molecule has 0 saturated heterocycles. The maximum absolute atomic E-state index is 13.5. The minimum atomic E-state index is -4.07. The molecule has 0 unspecified atom stereocenters. The molecule has 0 bridgehead atoms.